The van der Waals surface area contributed by atoms with Crippen molar-refractivity contribution in [2.24, 2.45) is 0 Å². The van der Waals surface area contributed by atoms with E-state index in [0.29, 0.717) is 10.8 Å². The summed E-state index contributed by atoms with van der Waals surface area (Å²) in [5, 5.41) is 0.578. The molecule has 3 heteroatoms. The standard InChI is InChI=1S/C10H12ClFO/c1-7(6-12)8-3-9(11)5-10(4-8)13-2/h3-5,7H,6H2,1-2H3. The predicted molar refractivity (Wildman–Crippen MR) is 52.4 cm³/mol. The van der Waals surface area contributed by atoms with Crippen molar-refractivity contribution in [1.29, 1.82) is 0 Å². The zero-order valence-corrected chi connectivity index (χ0v) is 8.44. The van der Waals surface area contributed by atoms with Crippen LogP contribution < -0.4 is 4.74 Å². The van der Waals surface area contributed by atoms with E-state index in [4.69, 9.17) is 16.3 Å². The molecule has 72 valence electrons. The van der Waals surface area contributed by atoms with Gasteiger partial charge in [0.05, 0.1) is 13.8 Å². The number of ether oxygens (including phenoxy) is 1. The van der Waals surface area contributed by atoms with Crippen molar-refractivity contribution < 1.29 is 9.13 Å². The molecule has 0 amide bonds. The molecule has 0 spiro atoms. The summed E-state index contributed by atoms with van der Waals surface area (Å²) >= 11 is 5.83. The molecule has 0 aliphatic heterocycles. The van der Waals surface area contributed by atoms with Gasteiger partial charge in [-0.1, -0.05) is 18.5 Å². The van der Waals surface area contributed by atoms with Gasteiger partial charge in [0, 0.05) is 10.9 Å². The molecule has 1 aromatic carbocycles. The van der Waals surface area contributed by atoms with E-state index in [2.05, 4.69) is 0 Å². The summed E-state index contributed by atoms with van der Waals surface area (Å²) in [4.78, 5) is 0. The first-order valence-corrected chi connectivity index (χ1v) is 4.45. The second-order valence-electron chi connectivity index (χ2n) is 2.98. The lowest BCUT2D eigenvalue weighted by Crippen LogP contribution is -1.96. The van der Waals surface area contributed by atoms with Gasteiger partial charge in [-0.2, -0.15) is 0 Å². The molecule has 1 atom stereocenters. The van der Waals surface area contributed by atoms with Gasteiger partial charge in [0.15, 0.2) is 0 Å². The van der Waals surface area contributed by atoms with E-state index in [1.807, 2.05) is 6.92 Å². The summed E-state index contributed by atoms with van der Waals surface area (Å²) in [6, 6.07) is 5.26. The molecule has 0 aromatic heterocycles. The van der Waals surface area contributed by atoms with E-state index in [1.54, 1.807) is 25.3 Å². The van der Waals surface area contributed by atoms with Gasteiger partial charge >= 0.3 is 0 Å². The largest absolute Gasteiger partial charge is 0.497 e. The number of alkyl halides is 1. The summed E-state index contributed by atoms with van der Waals surface area (Å²) in [5.74, 6) is 0.537. The Labute approximate surface area is 82.5 Å². The maximum atomic E-state index is 12.4. The average molecular weight is 203 g/mol. The molecule has 0 radical (unpaired) electrons. The van der Waals surface area contributed by atoms with Crippen molar-refractivity contribution in [2.75, 3.05) is 13.8 Å². The summed E-state index contributed by atoms with van der Waals surface area (Å²) in [5.41, 5.74) is 0.867. The van der Waals surface area contributed by atoms with Crippen LogP contribution in [0.1, 0.15) is 18.4 Å². The van der Waals surface area contributed by atoms with E-state index in [-0.39, 0.29) is 12.6 Å². The molecule has 1 unspecified atom stereocenters. The second-order valence-corrected chi connectivity index (χ2v) is 3.42. The Morgan fingerprint density at radius 3 is 2.69 bits per heavy atom. The molecule has 0 heterocycles. The average Bonchev–Trinajstić information content (AvgIpc) is 2.15. The molecule has 1 nitrogen and oxygen atoms in total. The minimum Gasteiger partial charge on any atom is -0.497 e. The fraction of sp³-hybridized carbons (Fsp3) is 0.400. The van der Waals surface area contributed by atoms with Crippen LogP contribution in [0, 0.1) is 0 Å². The second kappa shape index (κ2) is 4.47. The Balaban J connectivity index is 3.01. The lowest BCUT2D eigenvalue weighted by Gasteiger charge is -2.09. The molecule has 0 N–H and O–H groups in total. The third-order valence-electron chi connectivity index (χ3n) is 1.93. The fourth-order valence-corrected chi connectivity index (χ4v) is 1.31. The van der Waals surface area contributed by atoms with Crippen molar-refractivity contribution >= 4 is 11.6 Å². The van der Waals surface area contributed by atoms with E-state index in [9.17, 15) is 4.39 Å². The molecule has 1 rings (SSSR count). The zero-order valence-electron chi connectivity index (χ0n) is 7.68. The van der Waals surface area contributed by atoms with Crippen LogP contribution in [0.5, 0.6) is 5.75 Å². The molecular formula is C10H12ClFO. The quantitative estimate of drug-likeness (QED) is 0.730. The maximum absolute atomic E-state index is 12.4. The van der Waals surface area contributed by atoms with Crippen LogP contribution in [0.3, 0.4) is 0 Å². The van der Waals surface area contributed by atoms with Gasteiger partial charge in [-0.05, 0) is 23.8 Å². The summed E-state index contributed by atoms with van der Waals surface area (Å²) < 4.78 is 17.4. The Morgan fingerprint density at radius 2 is 2.15 bits per heavy atom. The van der Waals surface area contributed by atoms with Crippen molar-refractivity contribution in [3.8, 4) is 5.75 Å². The third kappa shape index (κ3) is 2.59. The molecule has 0 fully saturated rings. The Kier molecular flexibility index (Phi) is 3.55. The predicted octanol–water partition coefficient (Wildman–Crippen LogP) is 3.42. The highest BCUT2D eigenvalue weighted by molar-refractivity contribution is 6.30. The van der Waals surface area contributed by atoms with Crippen LogP contribution in [0.25, 0.3) is 0 Å². The smallest absolute Gasteiger partial charge is 0.120 e. The van der Waals surface area contributed by atoms with Gasteiger partial charge < -0.3 is 4.74 Å². The molecule has 1 aromatic rings. The molecule has 0 saturated carbocycles. The molecule has 0 bridgehead atoms. The molecule has 0 aliphatic rings. The number of methoxy groups -OCH3 is 1. The topological polar surface area (TPSA) is 9.23 Å². The molecule has 0 saturated heterocycles. The Hall–Kier alpha value is -0.760. The highest BCUT2D eigenvalue weighted by Crippen LogP contribution is 2.25. The van der Waals surface area contributed by atoms with Gasteiger partial charge in [0.2, 0.25) is 0 Å². The third-order valence-corrected chi connectivity index (χ3v) is 2.15. The van der Waals surface area contributed by atoms with Crippen LogP contribution >= 0.6 is 11.6 Å². The van der Waals surface area contributed by atoms with Crippen molar-refractivity contribution in [2.45, 2.75) is 12.8 Å². The van der Waals surface area contributed by atoms with Gasteiger partial charge in [-0.25, -0.2) is 0 Å². The van der Waals surface area contributed by atoms with E-state index in [1.165, 1.54) is 0 Å². The van der Waals surface area contributed by atoms with Crippen molar-refractivity contribution in [3.63, 3.8) is 0 Å². The highest BCUT2D eigenvalue weighted by Gasteiger charge is 2.07. The lowest BCUT2D eigenvalue weighted by atomic mass is 10.0. The van der Waals surface area contributed by atoms with Crippen LogP contribution in [0.4, 0.5) is 4.39 Å². The highest BCUT2D eigenvalue weighted by atomic mass is 35.5. The van der Waals surface area contributed by atoms with Crippen LogP contribution in [-0.2, 0) is 0 Å². The van der Waals surface area contributed by atoms with Gasteiger partial charge in [0.25, 0.3) is 0 Å². The number of benzene rings is 1. The van der Waals surface area contributed by atoms with Gasteiger partial charge in [-0.15, -0.1) is 0 Å². The molecular weight excluding hydrogens is 191 g/mol. The maximum Gasteiger partial charge on any atom is 0.120 e. The summed E-state index contributed by atoms with van der Waals surface area (Å²) in [7, 11) is 1.57. The Morgan fingerprint density at radius 1 is 1.46 bits per heavy atom. The number of halogens is 2. The molecule has 13 heavy (non-hydrogen) atoms. The first-order valence-electron chi connectivity index (χ1n) is 4.07. The van der Waals surface area contributed by atoms with Crippen molar-refractivity contribution in [1.82, 2.24) is 0 Å². The number of hydrogen-bond donors (Lipinski definition) is 0. The zero-order chi connectivity index (χ0) is 9.84. The first-order chi connectivity index (χ1) is 6.17. The van der Waals surface area contributed by atoms with Crippen molar-refractivity contribution in [3.05, 3.63) is 28.8 Å². The lowest BCUT2D eigenvalue weighted by molar-refractivity contribution is 0.411. The Bertz CT molecular complexity index is 288. The fourth-order valence-electron chi connectivity index (χ4n) is 1.08. The van der Waals surface area contributed by atoms with E-state index < -0.39 is 0 Å². The van der Waals surface area contributed by atoms with E-state index in [0.717, 1.165) is 5.56 Å². The summed E-state index contributed by atoms with van der Waals surface area (Å²) in [6.45, 7) is 1.43. The number of rotatable bonds is 3. The number of hydrogen-bond acceptors (Lipinski definition) is 1. The monoisotopic (exact) mass is 202 g/mol. The van der Waals surface area contributed by atoms with Gasteiger partial charge in [-0.3, -0.25) is 4.39 Å². The molecule has 0 aliphatic carbocycles. The minimum absolute atomic E-state index is 0.132. The normalized spacial score (nSPS) is 12.6. The minimum atomic E-state index is -0.385. The SMILES string of the molecule is COc1cc(Cl)cc(C(C)CF)c1. The van der Waals surface area contributed by atoms with E-state index >= 15 is 0 Å². The van der Waals surface area contributed by atoms with Crippen LogP contribution in [0.2, 0.25) is 5.02 Å². The van der Waals surface area contributed by atoms with Crippen LogP contribution in [0.15, 0.2) is 18.2 Å². The van der Waals surface area contributed by atoms with Crippen LogP contribution in [-0.4, -0.2) is 13.8 Å². The first kappa shape index (κ1) is 10.3. The summed E-state index contributed by atoms with van der Waals surface area (Å²) in [6.07, 6.45) is 0. The van der Waals surface area contributed by atoms with Gasteiger partial charge in [0.1, 0.15) is 5.75 Å².